The molecule has 1 aromatic heterocycles. The van der Waals surface area contributed by atoms with Gasteiger partial charge in [0.05, 0.1) is 11.0 Å². The molecule has 0 aliphatic rings. The number of hydrogen-bond donors (Lipinski definition) is 0. The molecule has 0 aliphatic heterocycles. The van der Waals surface area contributed by atoms with E-state index in [0.717, 1.165) is 22.7 Å². The van der Waals surface area contributed by atoms with Gasteiger partial charge in [0.15, 0.2) is 0 Å². The van der Waals surface area contributed by atoms with E-state index in [-0.39, 0.29) is 0 Å². The van der Waals surface area contributed by atoms with Crippen molar-refractivity contribution in [3.8, 4) is 39.1 Å². The Labute approximate surface area is 344 Å². The Hall–Kier alpha value is -7.68. The molecule has 0 saturated heterocycles. The van der Waals surface area contributed by atoms with E-state index in [1.54, 1.807) is 0 Å². The van der Waals surface area contributed by atoms with Crippen LogP contribution in [0.3, 0.4) is 0 Å². The minimum Gasteiger partial charge on any atom is -0.310 e. The Balaban J connectivity index is 1.03. The highest BCUT2D eigenvalue weighted by Crippen LogP contribution is 2.44. The van der Waals surface area contributed by atoms with Crippen LogP contribution in [-0.2, 0) is 0 Å². The number of rotatable bonds is 7. The first-order chi connectivity index (χ1) is 29.2. The number of nitrogens with zero attached hydrogens (tertiary/aromatic N) is 2. The first-order valence-corrected chi connectivity index (χ1v) is 20.3. The number of para-hydroxylation sites is 3. The standard InChI is InChI=1S/C57H40N2/c1-39-35-43(37-47(36-39)58(44-19-7-3-8-20-44)45-21-9-4-10-22-45)42-31-34-55-53(38-42)48-23-15-16-28-54(48)59(55)46-32-29-41(30-33-46)57-51-26-13-11-24-49(51)56(40-17-5-2-6-18-40)50-25-12-14-27-52(50)57/h2-38H,1H3. The summed E-state index contributed by atoms with van der Waals surface area (Å²) < 4.78 is 2.42. The Morgan fingerprint density at radius 1 is 0.305 bits per heavy atom. The SMILES string of the molecule is Cc1cc(-c2ccc3c(c2)c2ccccc2n3-c2ccc(-c3c4ccccc4c(-c4ccccc4)c4ccccc34)cc2)cc(N(c2ccccc2)c2ccccc2)c1. The number of fused-ring (bicyclic) bond motifs is 5. The van der Waals surface area contributed by atoms with Crippen molar-refractivity contribution < 1.29 is 0 Å². The molecule has 2 heteroatoms. The predicted molar refractivity (Wildman–Crippen MR) is 252 cm³/mol. The quantitative estimate of drug-likeness (QED) is 0.147. The van der Waals surface area contributed by atoms with Gasteiger partial charge in [0.2, 0.25) is 0 Å². The van der Waals surface area contributed by atoms with E-state index in [0.29, 0.717) is 0 Å². The van der Waals surface area contributed by atoms with Crippen LogP contribution in [0.5, 0.6) is 0 Å². The Morgan fingerprint density at radius 3 is 1.34 bits per heavy atom. The minimum atomic E-state index is 1.13. The molecule has 0 radical (unpaired) electrons. The number of benzene rings is 10. The van der Waals surface area contributed by atoms with Crippen molar-refractivity contribution in [3.63, 3.8) is 0 Å². The molecule has 0 spiro atoms. The van der Waals surface area contributed by atoms with Crippen molar-refractivity contribution in [1.82, 2.24) is 4.57 Å². The molecule has 0 unspecified atom stereocenters. The van der Waals surface area contributed by atoms with E-state index in [1.807, 2.05) is 0 Å². The molecule has 0 amide bonds. The third kappa shape index (κ3) is 5.97. The van der Waals surface area contributed by atoms with Crippen LogP contribution in [-0.4, -0.2) is 4.57 Å². The Kier molecular flexibility index (Phi) is 8.41. The first kappa shape index (κ1) is 34.6. The summed E-state index contributed by atoms with van der Waals surface area (Å²) in [7, 11) is 0. The average molecular weight is 753 g/mol. The zero-order valence-corrected chi connectivity index (χ0v) is 32.8. The van der Waals surface area contributed by atoms with E-state index in [9.17, 15) is 0 Å². The van der Waals surface area contributed by atoms with Crippen LogP contribution < -0.4 is 4.90 Å². The second-order valence-electron chi connectivity index (χ2n) is 15.4. The van der Waals surface area contributed by atoms with Gasteiger partial charge in [-0.2, -0.15) is 0 Å². The molecule has 1 heterocycles. The van der Waals surface area contributed by atoms with E-state index in [4.69, 9.17) is 0 Å². The molecule has 59 heavy (non-hydrogen) atoms. The zero-order valence-electron chi connectivity index (χ0n) is 32.8. The van der Waals surface area contributed by atoms with Crippen LogP contribution in [0.2, 0.25) is 0 Å². The summed E-state index contributed by atoms with van der Waals surface area (Å²) in [4.78, 5) is 2.34. The molecular weight excluding hydrogens is 713 g/mol. The first-order valence-electron chi connectivity index (χ1n) is 20.3. The predicted octanol–water partition coefficient (Wildman–Crippen LogP) is 15.9. The summed E-state index contributed by atoms with van der Waals surface area (Å²) in [5, 5.41) is 7.53. The molecule has 0 N–H and O–H groups in total. The maximum Gasteiger partial charge on any atom is 0.0541 e. The lowest BCUT2D eigenvalue weighted by molar-refractivity contribution is 1.18. The van der Waals surface area contributed by atoms with E-state index in [1.165, 1.54) is 82.3 Å². The molecule has 0 aliphatic carbocycles. The molecule has 0 atom stereocenters. The normalized spacial score (nSPS) is 11.5. The highest BCUT2D eigenvalue weighted by molar-refractivity contribution is 6.21. The Morgan fingerprint density at radius 2 is 0.763 bits per heavy atom. The third-order valence-corrected chi connectivity index (χ3v) is 11.8. The van der Waals surface area contributed by atoms with Crippen molar-refractivity contribution in [1.29, 1.82) is 0 Å². The monoisotopic (exact) mass is 752 g/mol. The summed E-state index contributed by atoms with van der Waals surface area (Å²) in [6, 6.07) is 81.7. The van der Waals surface area contributed by atoms with E-state index >= 15 is 0 Å². The van der Waals surface area contributed by atoms with Gasteiger partial charge in [0.25, 0.3) is 0 Å². The molecular formula is C57H40N2. The van der Waals surface area contributed by atoms with Crippen molar-refractivity contribution >= 4 is 60.4 Å². The van der Waals surface area contributed by atoms with Crippen LogP contribution in [0.15, 0.2) is 224 Å². The van der Waals surface area contributed by atoms with Gasteiger partial charge in [0, 0.05) is 33.5 Å². The molecule has 2 nitrogen and oxygen atoms in total. The lowest BCUT2D eigenvalue weighted by Crippen LogP contribution is -2.10. The average Bonchev–Trinajstić information content (AvgIpc) is 3.63. The maximum absolute atomic E-state index is 2.42. The fraction of sp³-hybridized carbons (Fsp3) is 0.0175. The van der Waals surface area contributed by atoms with Gasteiger partial charge in [-0.15, -0.1) is 0 Å². The summed E-state index contributed by atoms with van der Waals surface area (Å²) in [5.41, 5.74) is 15.5. The van der Waals surface area contributed by atoms with E-state index < -0.39 is 0 Å². The zero-order chi connectivity index (χ0) is 39.3. The van der Waals surface area contributed by atoms with Crippen LogP contribution in [0.4, 0.5) is 17.1 Å². The van der Waals surface area contributed by atoms with Gasteiger partial charge in [-0.3, -0.25) is 0 Å². The van der Waals surface area contributed by atoms with Crippen LogP contribution in [0.25, 0.3) is 82.4 Å². The summed E-state index contributed by atoms with van der Waals surface area (Å²) >= 11 is 0. The maximum atomic E-state index is 2.42. The van der Waals surface area contributed by atoms with Crippen molar-refractivity contribution in [2.45, 2.75) is 6.92 Å². The topological polar surface area (TPSA) is 8.17 Å². The Bertz CT molecular complexity index is 3210. The van der Waals surface area contributed by atoms with Crippen LogP contribution in [0, 0.1) is 6.92 Å². The smallest absolute Gasteiger partial charge is 0.0541 e. The van der Waals surface area contributed by atoms with Gasteiger partial charge < -0.3 is 9.47 Å². The fourth-order valence-electron chi connectivity index (χ4n) is 9.22. The van der Waals surface area contributed by atoms with Crippen molar-refractivity contribution in [2.75, 3.05) is 4.90 Å². The minimum absolute atomic E-state index is 1.13. The molecule has 0 saturated carbocycles. The summed E-state index contributed by atoms with van der Waals surface area (Å²) in [6.07, 6.45) is 0. The summed E-state index contributed by atoms with van der Waals surface area (Å²) in [6.45, 7) is 2.19. The number of aryl methyl sites for hydroxylation is 1. The second kappa shape index (κ2) is 14.4. The molecule has 278 valence electrons. The molecule has 10 aromatic carbocycles. The van der Waals surface area contributed by atoms with Crippen LogP contribution >= 0.6 is 0 Å². The van der Waals surface area contributed by atoms with Gasteiger partial charge in [-0.1, -0.05) is 158 Å². The number of hydrogen-bond acceptors (Lipinski definition) is 1. The number of aromatic nitrogens is 1. The molecule has 11 rings (SSSR count). The lowest BCUT2D eigenvalue weighted by Gasteiger charge is -2.26. The highest BCUT2D eigenvalue weighted by atomic mass is 15.1. The van der Waals surface area contributed by atoms with Gasteiger partial charge in [0.1, 0.15) is 0 Å². The van der Waals surface area contributed by atoms with Gasteiger partial charge in [-0.05, 0) is 134 Å². The van der Waals surface area contributed by atoms with Gasteiger partial charge in [-0.25, -0.2) is 0 Å². The summed E-state index contributed by atoms with van der Waals surface area (Å²) in [5.74, 6) is 0. The molecule has 11 aromatic rings. The third-order valence-electron chi connectivity index (χ3n) is 11.8. The number of anilines is 3. The van der Waals surface area contributed by atoms with Crippen LogP contribution in [0.1, 0.15) is 5.56 Å². The highest BCUT2D eigenvalue weighted by Gasteiger charge is 2.19. The fourth-order valence-corrected chi connectivity index (χ4v) is 9.22. The van der Waals surface area contributed by atoms with Gasteiger partial charge >= 0.3 is 0 Å². The largest absolute Gasteiger partial charge is 0.310 e. The second-order valence-corrected chi connectivity index (χ2v) is 15.4. The molecule has 0 bridgehead atoms. The van der Waals surface area contributed by atoms with Crippen molar-refractivity contribution in [2.24, 2.45) is 0 Å². The molecule has 0 fully saturated rings. The lowest BCUT2D eigenvalue weighted by atomic mass is 9.86. The van der Waals surface area contributed by atoms with Crippen molar-refractivity contribution in [3.05, 3.63) is 230 Å². The van der Waals surface area contributed by atoms with E-state index in [2.05, 4.69) is 241 Å².